The van der Waals surface area contributed by atoms with Crippen molar-refractivity contribution in [1.82, 2.24) is 15.5 Å². The first kappa shape index (κ1) is 12.8. The molecule has 2 saturated heterocycles. The molecule has 2 atom stereocenters. The van der Waals surface area contributed by atoms with Gasteiger partial charge in [0.15, 0.2) is 0 Å². The van der Waals surface area contributed by atoms with E-state index in [2.05, 4.69) is 22.5 Å². The summed E-state index contributed by atoms with van der Waals surface area (Å²) in [6.45, 7) is 7.43. The Balaban J connectivity index is 1.77. The first-order valence-corrected chi connectivity index (χ1v) is 7.03. The molecule has 0 aliphatic carbocycles. The van der Waals surface area contributed by atoms with Gasteiger partial charge >= 0.3 is 0 Å². The highest BCUT2D eigenvalue weighted by atomic mass is 16.2. The molecule has 17 heavy (non-hydrogen) atoms. The molecule has 2 rings (SSSR count). The van der Waals surface area contributed by atoms with Crippen molar-refractivity contribution >= 4 is 5.91 Å². The van der Waals surface area contributed by atoms with Crippen LogP contribution in [-0.2, 0) is 4.79 Å². The molecular weight excluding hydrogens is 214 g/mol. The topological polar surface area (TPSA) is 44.4 Å². The van der Waals surface area contributed by atoms with Crippen LogP contribution in [0.3, 0.4) is 0 Å². The van der Waals surface area contributed by atoms with Gasteiger partial charge in [-0.15, -0.1) is 0 Å². The second-order valence-electron chi connectivity index (χ2n) is 5.28. The van der Waals surface area contributed by atoms with E-state index in [1.54, 1.807) is 0 Å². The summed E-state index contributed by atoms with van der Waals surface area (Å²) in [5.41, 5.74) is 0. The molecule has 2 N–H and O–H groups in total. The highest BCUT2D eigenvalue weighted by Crippen LogP contribution is 2.13. The minimum atomic E-state index is 0.195. The molecule has 0 aromatic heterocycles. The van der Waals surface area contributed by atoms with Crippen molar-refractivity contribution in [1.29, 1.82) is 0 Å². The molecule has 0 spiro atoms. The zero-order valence-electron chi connectivity index (χ0n) is 10.9. The number of hydrogen-bond acceptors (Lipinski definition) is 3. The Hall–Kier alpha value is -0.610. The van der Waals surface area contributed by atoms with Crippen LogP contribution in [0.25, 0.3) is 0 Å². The van der Waals surface area contributed by atoms with Gasteiger partial charge in [0.1, 0.15) is 0 Å². The molecule has 4 nitrogen and oxygen atoms in total. The Morgan fingerprint density at radius 1 is 1.41 bits per heavy atom. The zero-order valence-corrected chi connectivity index (χ0v) is 10.9. The van der Waals surface area contributed by atoms with Crippen LogP contribution in [0.15, 0.2) is 0 Å². The SMILES string of the molecule is CCN1CCCC(NC(=O)[C@H]2CCCNC2)C1. The van der Waals surface area contributed by atoms with E-state index in [0.717, 1.165) is 45.4 Å². The van der Waals surface area contributed by atoms with Crippen molar-refractivity contribution in [3.63, 3.8) is 0 Å². The minimum Gasteiger partial charge on any atom is -0.352 e. The first-order valence-electron chi connectivity index (χ1n) is 7.03. The van der Waals surface area contributed by atoms with Crippen LogP contribution in [0.1, 0.15) is 32.6 Å². The number of likely N-dealkylation sites (N-methyl/N-ethyl adjacent to an activating group) is 1. The standard InChI is InChI=1S/C13H25N3O/c1-2-16-8-4-6-12(10-16)15-13(17)11-5-3-7-14-9-11/h11-12,14H,2-10H2,1H3,(H,15,17)/t11-,12?/m0/s1. The second kappa shape index (κ2) is 6.36. The second-order valence-corrected chi connectivity index (χ2v) is 5.28. The molecule has 4 heteroatoms. The average molecular weight is 239 g/mol. The van der Waals surface area contributed by atoms with Crippen LogP contribution in [0.4, 0.5) is 0 Å². The Kier molecular flexibility index (Phi) is 4.80. The van der Waals surface area contributed by atoms with E-state index in [1.807, 2.05) is 0 Å². The number of nitrogens with zero attached hydrogens (tertiary/aromatic N) is 1. The van der Waals surface area contributed by atoms with Crippen LogP contribution in [-0.4, -0.2) is 49.6 Å². The molecular formula is C13H25N3O. The lowest BCUT2D eigenvalue weighted by Crippen LogP contribution is -2.50. The quantitative estimate of drug-likeness (QED) is 0.757. The van der Waals surface area contributed by atoms with Crippen LogP contribution < -0.4 is 10.6 Å². The average Bonchev–Trinajstić information content (AvgIpc) is 2.40. The van der Waals surface area contributed by atoms with Crippen molar-refractivity contribution in [2.75, 3.05) is 32.7 Å². The lowest BCUT2D eigenvalue weighted by Gasteiger charge is -2.33. The predicted molar refractivity (Wildman–Crippen MR) is 68.9 cm³/mol. The molecule has 98 valence electrons. The fourth-order valence-corrected chi connectivity index (χ4v) is 2.86. The summed E-state index contributed by atoms with van der Waals surface area (Å²) in [6, 6.07) is 0.373. The summed E-state index contributed by atoms with van der Waals surface area (Å²) < 4.78 is 0. The number of piperidine rings is 2. The molecule has 2 heterocycles. The predicted octanol–water partition coefficient (Wildman–Crippen LogP) is 0.587. The van der Waals surface area contributed by atoms with Crippen molar-refractivity contribution in [2.45, 2.75) is 38.6 Å². The normalized spacial score (nSPS) is 31.1. The Labute approximate surface area is 104 Å². The number of amides is 1. The van der Waals surface area contributed by atoms with E-state index < -0.39 is 0 Å². The van der Waals surface area contributed by atoms with Gasteiger partial charge in [0.05, 0.1) is 5.92 Å². The Morgan fingerprint density at radius 3 is 3.00 bits per heavy atom. The number of nitrogens with one attached hydrogen (secondary N) is 2. The maximum Gasteiger partial charge on any atom is 0.224 e. The van der Waals surface area contributed by atoms with Crippen LogP contribution in [0, 0.1) is 5.92 Å². The largest absolute Gasteiger partial charge is 0.352 e. The molecule has 2 aliphatic heterocycles. The van der Waals surface area contributed by atoms with Gasteiger partial charge in [-0.25, -0.2) is 0 Å². The van der Waals surface area contributed by atoms with Crippen molar-refractivity contribution in [2.24, 2.45) is 5.92 Å². The fourth-order valence-electron chi connectivity index (χ4n) is 2.86. The number of rotatable bonds is 3. The third kappa shape index (κ3) is 3.68. The highest BCUT2D eigenvalue weighted by Gasteiger charge is 2.25. The summed E-state index contributed by atoms with van der Waals surface area (Å²) >= 11 is 0. The van der Waals surface area contributed by atoms with Crippen LogP contribution >= 0.6 is 0 Å². The molecule has 1 unspecified atom stereocenters. The number of hydrogen-bond donors (Lipinski definition) is 2. The third-order valence-corrected chi connectivity index (χ3v) is 3.97. The van der Waals surface area contributed by atoms with Crippen molar-refractivity contribution in [3.05, 3.63) is 0 Å². The number of carbonyl (C=O) groups is 1. The third-order valence-electron chi connectivity index (χ3n) is 3.97. The molecule has 2 fully saturated rings. The van der Waals surface area contributed by atoms with Gasteiger partial charge in [-0.3, -0.25) is 4.79 Å². The van der Waals surface area contributed by atoms with E-state index >= 15 is 0 Å². The molecule has 1 amide bonds. The van der Waals surface area contributed by atoms with E-state index in [4.69, 9.17) is 0 Å². The maximum absolute atomic E-state index is 12.1. The summed E-state index contributed by atoms with van der Waals surface area (Å²) in [6.07, 6.45) is 4.52. The van der Waals surface area contributed by atoms with Crippen LogP contribution in [0.2, 0.25) is 0 Å². The molecule has 2 aliphatic rings. The molecule has 0 saturated carbocycles. The first-order chi connectivity index (χ1) is 8.29. The summed E-state index contributed by atoms with van der Waals surface area (Å²) in [5.74, 6) is 0.459. The van der Waals surface area contributed by atoms with Gasteiger partial charge < -0.3 is 15.5 Å². The smallest absolute Gasteiger partial charge is 0.224 e. The minimum absolute atomic E-state index is 0.195. The Morgan fingerprint density at radius 2 is 2.29 bits per heavy atom. The van der Waals surface area contributed by atoms with Crippen molar-refractivity contribution in [3.8, 4) is 0 Å². The fraction of sp³-hybridized carbons (Fsp3) is 0.923. The van der Waals surface area contributed by atoms with Crippen molar-refractivity contribution < 1.29 is 4.79 Å². The van der Waals surface area contributed by atoms with Gasteiger partial charge in [0, 0.05) is 19.1 Å². The lowest BCUT2D eigenvalue weighted by molar-refractivity contribution is -0.126. The number of carbonyl (C=O) groups excluding carboxylic acids is 1. The van der Waals surface area contributed by atoms with Gasteiger partial charge in [0.2, 0.25) is 5.91 Å². The highest BCUT2D eigenvalue weighted by molar-refractivity contribution is 5.79. The van der Waals surface area contributed by atoms with E-state index in [0.29, 0.717) is 6.04 Å². The van der Waals surface area contributed by atoms with E-state index in [-0.39, 0.29) is 11.8 Å². The molecule has 0 radical (unpaired) electrons. The summed E-state index contributed by atoms with van der Waals surface area (Å²) in [5, 5.41) is 6.53. The monoisotopic (exact) mass is 239 g/mol. The van der Waals surface area contributed by atoms with E-state index in [9.17, 15) is 4.79 Å². The number of likely N-dealkylation sites (tertiary alicyclic amines) is 1. The van der Waals surface area contributed by atoms with Gasteiger partial charge in [-0.2, -0.15) is 0 Å². The molecule has 0 aromatic rings. The lowest BCUT2D eigenvalue weighted by atomic mass is 9.97. The molecule has 0 aromatic carbocycles. The van der Waals surface area contributed by atoms with E-state index in [1.165, 1.54) is 13.0 Å². The summed E-state index contributed by atoms with van der Waals surface area (Å²) in [4.78, 5) is 14.5. The molecule has 0 bridgehead atoms. The summed E-state index contributed by atoms with van der Waals surface area (Å²) in [7, 11) is 0. The van der Waals surface area contributed by atoms with Gasteiger partial charge in [0.25, 0.3) is 0 Å². The van der Waals surface area contributed by atoms with Gasteiger partial charge in [-0.1, -0.05) is 6.92 Å². The Bertz CT molecular complexity index is 251. The maximum atomic E-state index is 12.1. The van der Waals surface area contributed by atoms with Gasteiger partial charge in [-0.05, 0) is 45.3 Å². The van der Waals surface area contributed by atoms with Crippen LogP contribution in [0.5, 0.6) is 0 Å². The zero-order chi connectivity index (χ0) is 12.1.